The van der Waals surface area contributed by atoms with Gasteiger partial charge in [-0.25, -0.2) is 17.1 Å². The summed E-state index contributed by atoms with van der Waals surface area (Å²) in [6, 6.07) is 10.2. The molecular weight excluding hydrogens is 605 g/mol. The molecule has 0 radical (unpaired) electrons. The highest BCUT2D eigenvalue weighted by molar-refractivity contribution is 7.89. The zero-order valence-electron chi connectivity index (χ0n) is 23.1. The van der Waals surface area contributed by atoms with E-state index in [0.29, 0.717) is 43.8 Å². The zero-order valence-corrected chi connectivity index (χ0v) is 25.5. The molecule has 10 nitrogen and oxygen atoms in total. The van der Waals surface area contributed by atoms with Gasteiger partial charge in [0.1, 0.15) is 5.82 Å². The maximum absolute atomic E-state index is 15.2. The van der Waals surface area contributed by atoms with Crippen molar-refractivity contribution in [3.05, 3.63) is 64.4 Å². The van der Waals surface area contributed by atoms with Crippen molar-refractivity contribution in [3.63, 3.8) is 0 Å². The average Bonchev–Trinajstić information content (AvgIpc) is 3.08. The molecular formula is C28H36ClFN5O5S2-. The number of benzene rings is 2. The number of nitrogens with two attached hydrogens (primary N) is 1. The van der Waals surface area contributed by atoms with Crippen molar-refractivity contribution in [1.82, 2.24) is 13.9 Å². The first kappa shape index (κ1) is 31.5. The molecule has 3 aliphatic rings. The number of fused-ring (bicyclic) bond motifs is 2. The molecule has 42 heavy (non-hydrogen) atoms. The molecule has 0 spiro atoms. The van der Waals surface area contributed by atoms with Crippen LogP contribution in [0.5, 0.6) is 0 Å². The Balaban J connectivity index is 1.35. The molecule has 3 fully saturated rings. The molecule has 5 rings (SSSR count). The normalized spacial score (nSPS) is 27.0. The Bertz CT molecular complexity index is 1420. The van der Waals surface area contributed by atoms with Crippen LogP contribution in [0.1, 0.15) is 43.2 Å². The van der Waals surface area contributed by atoms with Crippen LogP contribution in [0.4, 0.5) is 10.1 Å². The standard InChI is InChI=1S/C28H37ClFN5O5S2/c29-20-8-6-19(7-9-20)28(12-14-34(15-13-28)41(37)38)26(31)27(36)33-25-5-1-4-24(30)23(25)11-10-22-17-32-21-3-2-16-42(39,40)35(22)18-21/h1,4-9,21-22,26,32H,2-3,10-18,31H2,(H,33,36)(H,37,38)/p-1/t21-,22+,26-/m1/s1. The number of hydrogen-bond acceptors (Lipinski definition) is 7. The molecule has 5 atom stereocenters. The van der Waals surface area contributed by atoms with E-state index in [0.717, 1.165) is 12.0 Å². The quantitative estimate of drug-likeness (QED) is 0.375. The lowest BCUT2D eigenvalue weighted by molar-refractivity contribution is -0.119. The summed E-state index contributed by atoms with van der Waals surface area (Å²) < 4.78 is 66.9. The monoisotopic (exact) mass is 640 g/mol. The molecule has 14 heteroatoms. The maximum atomic E-state index is 15.2. The molecule has 1 amide bonds. The highest BCUT2D eigenvalue weighted by Gasteiger charge is 2.45. The highest BCUT2D eigenvalue weighted by atomic mass is 35.5. The summed E-state index contributed by atoms with van der Waals surface area (Å²) in [5.74, 6) is -0.913. The summed E-state index contributed by atoms with van der Waals surface area (Å²) in [4.78, 5) is 13.7. The van der Waals surface area contributed by atoms with Crippen molar-refractivity contribution < 1.29 is 26.4 Å². The number of amides is 1. The van der Waals surface area contributed by atoms with Crippen LogP contribution in [0.15, 0.2) is 42.5 Å². The number of carbonyl (C=O) groups excluding carboxylic acids is 1. The molecule has 2 unspecified atom stereocenters. The van der Waals surface area contributed by atoms with E-state index in [1.807, 2.05) is 0 Å². The van der Waals surface area contributed by atoms with E-state index >= 15 is 4.39 Å². The number of hydrogen-bond donors (Lipinski definition) is 3. The summed E-state index contributed by atoms with van der Waals surface area (Å²) in [6.07, 6.45) is 2.63. The lowest BCUT2D eigenvalue weighted by Crippen LogP contribution is -2.57. The summed E-state index contributed by atoms with van der Waals surface area (Å²) in [7, 11) is -3.39. The second-order valence-electron chi connectivity index (χ2n) is 11.4. The average molecular weight is 641 g/mol. The van der Waals surface area contributed by atoms with Crippen molar-refractivity contribution in [1.29, 1.82) is 0 Å². The summed E-state index contributed by atoms with van der Waals surface area (Å²) in [6.45, 7) is 1.29. The van der Waals surface area contributed by atoms with Gasteiger partial charge in [-0.05, 0) is 68.4 Å². The fraction of sp³-hybridized carbons (Fsp3) is 0.536. The summed E-state index contributed by atoms with van der Waals surface area (Å²) >= 11 is 3.72. The third-order valence-corrected chi connectivity index (χ3v) is 12.0. The van der Waals surface area contributed by atoms with E-state index in [9.17, 15) is 22.0 Å². The van der Waals surface area contributed by atoms with E-state index in [1.54, 1.807) is 34.6 Å². The molecule has 0 saturated carbocycles. The molecule has 3 heterocycles. The molecule has 4 N–H and O–H groups in total. The Morgan fingerprint density at radius 3 is 2.64 bits per heavy atom. The third-order valence-electron chi connectivity index (χ3n) is 8.99. The van der Waals surface area contributed by atoms with E-state index in [-0.39, 0.29) is 48.6 Å². The molecule has 230 valence electrons. The van der Waals surface area contributed by atoms with Crippen LogP contribution in [0.25, 0.3) is 0 Å². The third kappa shape index (κ3) is 6.58. The van der Waals surface area contributed by atoms with Crippen molar-refractivity contribution in [2.24, 2.45) is 5.73 Å². The number of nitrogens with zero attached hydrogens (tertiary/aromatic N) is 2. The van der Waals surface area contributed by atoms with E-state index in [2.05, 4.69) is 10.6 Å². The van der Waals surface area contributed by atoms with Crippen molar-refractivity contribution >= 4 is 44.5 Å². The first-order valence-electron chi connectivity index (χ1n) is 14.2. The first-order chi connectivity index (χ1) is 20.0. The second kappa shape index (κ2) is 12.9. The Labute approximate surface area is 253 Å². The molecule has 0 aromatic heterocycles. The number of nitrogens with one attached hydrogen (secondary N) is 2. The van der Waals surface area contributed by atoms with Gasteiger partial charge in [0.05, 0.1) is 11.8 Å². The van der Waals surface area contributed by atoms with Crippen molar-refractivity contribution in [2.45, 2.75) is 62.1 Å². The van der Waals surface area contributed by atoms with E-state index < -0.39 is 44.5 Å². The minimum absolute atomic E-state index is 0.110. The van der Waals surface area contributed by atoms with Gasteiger partial charge in [-0.1, -0.05) is 29.8 Å². The van der Waals surface area contributed by atoms with Crippen LogP contribution >= 0.6 is 11.6 Å². The number of carbonyl (C=O) groups is 1. The number of piperazine rings is 1. The van der Waals surface area contributed by atoms with Crippen molar-refractivity contribution in [2.75, 3.05) is 37.2 Å². The molecule has 2 aromatic rings. The summed E-state index contributed by atoms with van der Waals surface area (Å²) in [5, 5.41) is 6.78. The molecule has 0 aliphatic carbocycles. The van der Waals surface area contributed by atoms with Crippen LogP contribution in [-0.4, -0.2) is 81.8 Å². The molecule has 2 aromatic carbocycles. The fourth-order valence-corrected chi connectivity index (χ4v) is 8.96. The van der Waals surface area contributed by atoms with Gasteiger partial charge in [0.2, 0.25) is 15.9 Å². The number of halogens is 2. The molecule has 3 saturated heterocycles. The van der Waals surface area contributed by atoms with Gasteiger partial charge >= 0.3 is 0 Å². The lowest BCUT2D eigenvalue weighted by Gasteiger charge is -2.45. The smallest absolute Gasteiger partial charge is 0.242 e. The number of sulfonamides is 1. The van der Waals surface area contributed by atoms with Crippen LogP contribution in [0, 0.1) is 5.82 Å². The minimum atomic E-state index is -3.39. The zero-order chi connectivity index (χ0) is 30.1. The van der Waals surface area contributed by atoms with Crippen LogP contribution in [0.3, 0.4) is 0 Å². The van der Waals surface area contributed by atoms with Crippen molar-refractivity contribution in [3.8, 4) is 0 Å². The van der Waals surface area contributed by atoms with Gasteiger partial charge in [0.15, 0.2) is 0 Å². The first-order valence-corrected chi connectivity index (χ1v) is 17.2. The van der Waals surface area contributed by atoms with Gasteiger partial charge in [0.25, 0.3) is 0 Å². The number of rotatable bonds is 8. The Morgan fingerprint density at radius 1 is 1.24 bits per heavy atom. The summed E-state index contributed by atoms with van der Waals surface area (Å²) in [5.41, 5.74) is 7.11. The highest BCUT2D eigenvalue weighted by Crippen LogP contribution is 2.39. The van der Waals surface area contributed by atoms with Crippen LogP contribution in [-0.2, 0) is 37.9 Å². The number of piperidine rings is 1. The Morgan fingerprint density at radius 2 is 1.95 bits per heavy atom. The van der Waals surface area contributed by atoms with Gasteiger partial charge in [-0.3, -0.25) is 9.00 Å². The van der Waals surface area contributed by atoms with E-state index in [4.69, 9.17) is 17.3 Å². The topological polar surface area (TPSA) is 148 Å². The Hall–Kier alpha value is -1.97. The largest absolute Gasteiger partial charge is 0.760 e. The SMILES string of the molecule is N[C@H](C(=O)Nc1cccc(F)c1CC[C@H]1CN[C@@H]2CCCS(=O)(=O)N1C2)C1(c2ccc(Cl)cc2)CCN(S(=O)[O-])CC1. The van der Waals surface area contributed by atoms with Gasteiger partial charge in [-0.2, -0.15) is 4.31 Å². The van der Waals surface area contributed by atoms with Crippen LogP contribution in [0.2, 0.25) is 5.02 Å². The predicted molar refractivity (Wildman–Crippen MR) is 159 cm³/mol. The fourth-order valence-electron chi connectivity index (χ4n) is 6.54. The predicted octanol–water partition coefficient (Wildman–Crippen LogP) is 2.27. The Kier molecular flexibility index (Phi) is 9.70. The van der Waals surface area contributed by atoms with E-state index in [1.165, 1.54) is 16.4 Å². The minimum Gasteiger partial charge on any atom is -0.760 e. The second-order valence-corrected chi connectivity index (χ2v) is 14.8. The van der Waals surface area contributed by atoms with Gasteiger partial charge < -0.3 is 20.9 Å². The molecule has 2 bridgehead atoms. The lowest BCUT2D eigenvalue weighted by atomic mass is 9.68. The maximum Gasteiger partial charge on any atom is 0.242 e. The van der Waals surface area contributed by atoms with Crippen LogP contribution < -0.4 is 16.4 Å². The number of anilines is 1. The molecule has 3 aliphatic heterocycles. The van der Waals surface area contributed by atoms with Gasteiger partial charge in [0, 0.05) is 71.2 Å². The van der Waals surface area contributed by atoms with Gasteiger partial charge in [-0.15, -0.1) is 0 Å².